The van der Waals surface area contributed by atoms with Gasteiger partial charge in [-0.25, -0.2) is 0 Å². The minimum Gasteiger partial charge on any atom is -0.310 e. The molecule has 0 aliphatic heterocycles. The molecule has 0 saturated heterocycles. The van der Waals surface area contributed by atoms with E-state index in [4.69, 9.17) is 0 Å². The van der Waals surface area contributed by atoms with Crippen molar-refractivity contribution in [1.82, 2.24) is 5.32 Å². The maximum atomic E-state index is 3.60. The van der Waals surface area contributed by atoms with Crippen LogP contribution in [0.15, 0.2) is 40.2 Å². The van der Waals surface area contributed by atoms with E-state index in [1.807, 2.05) is 11.3 Å². The Labute approximate surface area is 134 Å². The van der Waals surface area contributed by atoms with Gasteiger partial charge in [0.05, 0.1) is 3.79 Å². The zero-order valence-corrected chi connectivity index (χ0v) is 14.6. The second-order valence-corrected chi connectivity index (χ2v) is 7.67. The van der Waals surface area contributed by atoms with Crippen LogP contribution in [0.5, 0.6) is 0 Å². The lowest BCUT2D eigenvalue weighted by atomic mass is 10.0. The lowest BCUT2D eigenvalue weighted by molar-refractivity contribution is 0.578. The highest BCUT2D eigenvalue weighted by Crippen LogP contribution is 2.22. The van der Waals surface area contributed by atoms with Crippen LogP contribution in [0.3, 0.4) is 0 Å². The Morgan fingerprint density at radius 3 is 2.45 bits per heavy atom. The summed E-state index contributed by atoms with van der Waals surface area (Å²) in [6.45, 7) is 5.48. The maximum Gasteiger partial charge on any atom is 0.0701 e. The summed E-state index contributed by atoms with van der Waals surface area (Å²) < 4.78 is 1.21. The second kappa shape index (κ2) is 7.96. The molecule has 20 heavy (non-hydrogen) atoms. The molecule has 0 fully saturated rings. The molecule has 0 aliphatic carbocycles. The Bertz CT molecular complexity index is 518. The Balaban J connectivity index is 1.80. The molecule has 3 heteroatoms. The molecule has 1 aromatic carbocycles. The molecule has 1 heterocycles. The Morgan fingerprint density at radius 2 is 1.85 bits per heavy atom. The van der Waals surface area contributed by atoms with Crippen molar-refractivity contribution in [2.45, 2.75) is 39.2 Å². The first-order valence-corrected chi connectivity index (χ1v) is 8.86. The number of nitrogens with one attached hydrogen (secondary N) is 1. The number of hydrogen-bond donors (Lipinski definition) is 1. The van der Waals surface area contributed by atoms with Gasteiger partial charge in [-0.3, -0.25) is 0 Å². The molecule has 1 unspecified atom stereocenters. The lowest BCUT2D eigenvalue weighted by Crippen LogP contribution is -2.21. The third-order valence-electron chi connectivity index (χ3n) is 3.47. The van der Waals surface area contributed by atoms with Gasteiger partial charge in [0.2, 0.25) is 0 Å². The molecule has 0 amide bonds. The molecular weight excluding hydrogens is 330 g/mol. The van der Waals surface area contributed by atoms with E-state index in [2.05, 4.69) is 71.5 Å². The van der Waals surface area contributed by atoms with Crippen molar-refractivity contribution >= 4 is 27.3 Å². The quantitative estimate of drug-likeness (QED) is 0.708. The van der Waals surface area contributed by atoms with E-state index in [1.54, 1.807) is 0 Å². The van der Waals surface area contributed by atoms with Gasteiger partial charge in [-0.1, -0.05) is 37.6 Å². The molecule has 2 aromatic rings. The summed E-state index contributed by atoms with van der Waals surface area (Å²) in [6, 6.07) is 13.8. The largest absolute Gasteiger partial charge is 0.310 e. The molecule has 0 spiro atoms. The summed E-state index contributed by atoms with van der Waals surface area (Å²) in [5.41, 5.74) is 2.81. The van der Waals surface area contributed by atoms with Crippen molar-refractivity contribution in [3.63, 3.8) is 0 Å². The number of thiophene rings is 1. The minimum absolute atomic E-state index is 0.411. The van der Waals surface area contributed by atoms with Gasteiger partial charge in [0.15, 0.2) is 0 Å². The SMILES string of the molecule is CCCc1ccc(C(C)NCCc2ccc(Br)s2)cc1. The van der Waals surface area contributed by atoms with E-state index in [9.17, 15) is 0 Å². The van der Waals surface area contributed by atoms with Crippen molar-refractivity contribution in [2.75, 3.05) is 6.54 Å². The first-order chi connectivity index (χ1) is 9.69. The van der Waals surface area contributed by atoms with Crippen LogP contribution in [0.2, 0.25) is 0 Å². The molecule has 0 radical (unpaired) electrons. The third-order valence-corrected chi connectivity index (χ3v) is 5.15. The van der Waals surface area contributed by atoms with Gasteiger partial charge < -0.3 is 5.32 Å². The van der Waals surface area contributed by atoms with E-state index in [0.29, 0.717) is 6.04 Å². The smallest absolute Gasteiger partial charge is 0.0701 e. The van der Waals surface area contributed by atoms with Crippen LogP contribution in [0.25, 0.3) is 0 Å². The molecule has 0 saturated carbocycles. The normalized spacial score (nSPS) is 12.6. The molecule has 0 aliphatic rings. The zero-order chi connectivity index (χ0) is 14.4. The Hall–Kier alpha value is -0.640. The predicted octanol–water partition coefficient (Wildman–Crippen LogP) is 5.36. The predicted molar refractivity (Wildman–Crippen MR) is 92.6 cm³/mol. The highest BCUT2D eigenvalue weighted by atomic mass is 79.9. The van der Waals surface area contributed by atoms with Crippen LogP contribution < -0.4 is 5.32 Å². The monoisotopic (exact) mass is 351 g/mol. The van der Waals surface area contributed by atoms with Crippen LogP contribution >= 0.6 is 27.3 Å². The highest BCUT2D eigenvalue weighted by molar-refractivity contribution is 9.11. The number of rotatable bonds is 7. The van der Waals surface area contributed by atoms with Crippen molar-refractivity contribution in [3.8, 4) is 0 Å². The average Bonchev–Trinajstić information content (AvgIpc) is 2.85. The van der Waals surface area contributed by atoms with Gasteiger partial charge in [-0.05, 0) is 59.0 Å². The number of hydrogen-bond acceptors (Lipinski definition) is 2. The van der Waals surface area contributed by atoms with E-state index in [0.717, 1.165) is 13.0 Å². The van der Waals surface area contributed by atoms with E-state index in [-0.39, 0.29) is 0 Å². The summed E-state index contributed by atoms with van der Waals surface area (Å²) in [6.07, 6.45) is 3.48. The summed E-state index contributed by atoms with van der Waals surface area (Å²) >= 11 is 5.33. The number of benzene rings is 1. The molecule has 1 aromatic heterocycles. The zero-order valence-electron chi connectivity index (χ0n) is 12.2. The van der Waals surface area contributed by atoms with Crippen LogP contribution in [0.1, 0.15) is 42.3 Å². The van der Waals surface area contributed by atoms with E-state index in [1.165, 1.54) is 32.6 Å². The average molecular weight is 352 g/mol. The molecule has 1 atom stereocenters. The molecular formula is C17H22BrNS. The van der Waals surface area contributed by atoms with E-state index < -0.39 is 0 Å². The molecule has 108 valence electrons. The topological polar surface area (TPSA) is 12.0 Å². The summed E-state index contributed by atoms with van der Waals surface area (Å²) in [5, 5.41) is 3.60. The first kappa shape index (κ1) is 15.7. The fourth-order valence-corrected chi connectivity index (χ4v) is 3.76. The first-order valence-electron chi connectivity index (χ1n) is 7.25. The lowest BCUT2D eigenvalue weighted by Gasteiger charge is -2.14. The summed E-state index contributed by atoms with van der Waals surface area (Å²) in [4.78, 5) is 1.43. The van der Waals surface area contributed by atoms with Crippen LogP contribution in [0.4, 0.5) is 0 Å². The standard InChI is InChI=1S/C17H22BrNS/c1-3-4-14-5-7-15(8-6-14)13(2)19-12-11-16-9-10-17(18)20-16/h5-10,13,19H,3-4,11-12H2,1-2H3. The Kier molecular flexibility index (Phi) is 6.27. The number of aryl methyl sites for hydroxylation is 1. The van der Waals surface area contributed by atoms with Crippen molar-refractivity contribution in [3.05, 3.63) is 56.2 Å². The third kappa shape index (κ3) is 4.72. The van der Waals surface area contributed by atoms with Crippen LogP contribution in [0, 0.1) is 0 Å². The number of halogens is 1. The van der Waals surface area contributed by atoms with Crippen molar-refractivity contribution < 1.29 is 0 Å². The molecule has 1 N–H and O–H groups in total. The van der Waals surface area contributed by atoms with E-state index >= 15 is 0 Å². The fraction of sp³-hybridized carbons (Fsp3) is 0.412. The Morgan fingerprint density at radius 1 is 1.10 bits per heavy atom. The van der Waals surface area contributed by atoms with Gasteiger partial charge in [-0.2, -0.15) is 0 Å². The maximum absolute atomic E-state index is 3.60. The summed E-state index contributed by atoms with van der Waals surface area (Å²) in [7, 11) is 0. The molecule has 0 bridgehead atoms. The molecule has 2 rings (SSSR count). The van der Waals surface area contributed by atoms with Crippen molar-refractivity contribution in [2.24, 2.45) is 0 Å². The van der Waals surface area contributed by atoms with Crippen molar-refractivity contribution in [1.29, 1.82) is 0 Å². The van der Waals surface area contributed by atoms with Crippen LogP contribution in [-0.4, -0.2) is 6.54 Å². The molecule has 1 nitrogen and oxygen atoms in total. The second-order valence-electron chi connectivity index (χ2n) is 5.12. The van der Waals surface area contributed by atoms with Gasteiger partial charge in [0.1, 0.15) is 0 Å². The van der Waals surface area contributed by atoms with Gasteiger partial charge >= 0.3 is 0 Å². The summed E-state index contributed by atoms with van der Waals surface area (Å²) in [5.74, 6) is 0. The van der Waals surface area contributed by atoms with Gasteiger partial charge in [-0.15, -0.1) is 11.3 Å². The van der Waals surface area contributed by atoms with Gasteiger partial charge in [0.25, 0.3) is 0 Å². The highest BCUT2D eigenvalue weighted by Gasteiger charge is 2.05. The van der Waals surface area contributed by atoms with Gasteiger partial charge in [0, 0.05) is 17.5 Å². The minimum atomic E-state index is 0.411. The van der Waals surface area contributed by atoms with Crippen LogP contribution in [-0.2, 0) is 12.8 Å². The fourth-order valence-electron chi connectivity index (χ4n) is 2.28.